The number of hydrogen-bond donors (Lipinski definition) is 1. The van der Waals surface area contributed by atoms with Crippen LogP contribution in [0.15, 0.2) is 54.8 Å². The van der Waals surface area contributed by atoms with Crippen LogP contribution >= 0.6 is 0 Å². The number of halogens is 3. The monoisotopic (exact) mass is 344 g/mol. The van der Waals surface area contributed by atoms with Gasteiger partial charge in [0.15, 0.2) is 0 Å². The Bertz CT molecular complexity index is 978. The van der Waals surface area contributed by atoms with Gasteiger partial charge in [-0.05, 0) is 17.7 Å². The van der Waals surface area contributed by atoms with E-state index in [0.29, 0.717) is 5.56 Å². The number of allylic oxidation sites excluding steroid dienone is 2. The maximum absolute atomic E-state index is 13.3. The molecule has 4 rings (SSSR count). The fourth-order valence-electron chi connectivity index (χ4n) is 3.59. The summed E-state index contributed by atoms with van der Waals surface area (Å²) in [6, 6.07) is 5.21. The molecule has 0 saturated carbocycles. The third kappa shape index (κ3) is 2.05. The zero-order valence-electron chi connectivity index (χ0n) is 12.7. The SMILES string of the molecule is O=C1NC(=O)C2(c3ccnc4c(C(F)(F)F)cccc34)C=CC=CC12. The van der Waals surface area contributed by atoms with Crippen LogP contribution in [0.5, 0.6) is 0 Å². The van der Waals surface area contributed by atoms with Crippen molar-refractivity contribution in [3.63, 3.8) is 0 Å². The molecule has 1 aromatic heterocycles. The Hall–Kier alpha value is -2.96. The molecule has 0 bridgehead atoms. The van der Waals surface area contributed by atoms with Crippen molar-refractivity contribution in [1.29, 1.82) is 0 Å². The minimum Gasteiger partial charge on any atom is -0.295 e. The normalized spacial score (nSPS) is 25.3. The Morgan fingerprint density at radius 3 is 2.68 bits per heavy atom. The van der Waals surface area contributed by atoms with Gasteiger partial charge in [0.25, 0.3) is 0 Å². The highest BCUT2D eigenvalue weighted by Crippen LogP contribution is 2.45. The number of alkyl halides is 3. The summed E-state index contributed by atoms with van der Waals surface area (Å²) >= 11 is 0. The Labute approximate surface area is 140 Å². The summed E-state index contributed by atoms with van der Waals surface area (Å²) < 4.78 is 39.9. The van der Waals surface area contributed by atoms with E-state index in [4.69, 9.17) is 0 Å². The van der Waals surface area contributed by atoms with Gasteiger partial charge in [-0.1, -0.05) is 36.4 Å². The number of amides is 2. The number of hydrogen-bond acceptors (Lipinski definition) is 3. The highest BCUT2D eigenvalue weighted by Gasteiger charge is 2.55. The van der Waals surface area contributed by atoms with Crippen LogP contribution < -0.4 is 5.32 Å². The number of para-hydroxylation sites is 1. The standard InChI is InChI=1S/C18H11F3N2O2/c19-18(20,21)12-6-3-4-10-11(7-9-22-14(10)12)17-8-2-1-5-13(17)15(24)23-16(17)25/h1-9,13H,(H,23,24,25). The van der Waals surface area contributed by atoms with Crippen LogP contribution in [-0.4, -0.2) is 16.8 Å². The number of aromatic nitrogens is 1. The van der Waals surface area contributed by atoms with Gasteiger partial charge >= 0.3 is 6.18 Å². The van der Waals surface area contributed by atoms with E-state index in [1.54, 1.807) is 24.3 Å². The predicted octanol–water partition coefficient (Wildman–Crippen LogP) is 2.89. The topological polar surface area (TPSA) is 59.1 Å². The van der Waals surface area contributed by atoms with E-state index < -0.39 is 34.9 Å². The molecule has 25 heavy (non-hydrogen) atoms. The van der Waals surface area contributed by atoms with Crippen molar-refractivity contribution in [2.45, 2.75) is 11.6 Å². The van der Waals surface area contributed by atoms with Crippen molar-refractivity contribution in [2.75, 3.05) is 0 Å². The van der Waals surface area contributed by atoms with E-state index in [2.05, 4.69) is 10.3 Å². The molecule has 7 heteroatoms. The molecule has 1 N–H and O–H groups in total. The van der Waals surface area contributed by atoms with Gasteiger partial charge in [0.05, 0.1) is 17.0 Å². The lowest BCUT2D eigenvalue weighted by Crippen LogP contribution is -2.38. The molecule has 126 valence electrons. The van der Waals surface area contributed by atoms with Gasteiger partial charge in [-0.15, -0.1) is 0 Å². The first-order chi connectivity index (χ1) is 11.9. The Balaban J connectivity index is 2.05. The fourth-order valence-corrected chi connectivity index (χ4v) is 3.59. The van der Waals surface area contributed by atoms with E-state index >= 15 is 0 Å². The first kappa shape index (κ1) is 15.6. The van der Waals surface area contributed by atoms with E-state index in [-0.39, 0.29) is 10.9 Å². The van der Waals surface area contributed by atoms with Gasteiger partial charge in [0.1, 0.15) is 5.41 Å². The summed E-state index contributed by atoms with van der Waals surface area (Å²) in [6.07, 6.45) is 3.08. The van der Waals surface area contributed by atoms with Crippen molar-refractivity contribution in [2.24, 2.45) is 5.92 Å². The summed E-state index contributed by atoms with van der Waals surface area (Å²) in [4.78, 5) is 28.6. The van der Waals surface area contributed by atoms with Crippen LogP contribution in [0.25, 0.3) is 10.9 Å². The number of benzene rings is 1. The molecule has 2 amide bonds. The molecule has 0 radical (unpaired) electrons. The van der Waals surface area contributed by atoms with Crippen molar-refractivity contribution in [3.8, 4) is 0 Å². The van der Waals surface area contributed by atoms with E-state index in [9.17, 15) is 22.8 Å². The zero-order chi connectivity index (χ0) is 17.8. The van der Waals surface area contributed by atoms with Gasteiger partial charge in [0.2, 0.25) is 11.8 Å². The maximum atomic E-state index is 13.3. The second-order valence-corrected chi connectivity index (χ2v) is 5.97. The van der Waals surface area contributed by atoms with Crippen molar-refractivity contribution >= 4 is 22.7 Å². The predicted molar refractivity (Wildman–Crippen MR) is 83.3 cm³/mol. The number of nitrogens with one attached hydrogen (secondary N) is 1. The van der Waals surface area contributed by atoms with Crippen LogP contribution in [0.1, 0.15) is 11.1 Å². The van der Waals surface area contributed by atoms with Gasteiger partial charge < -0.3 is 0 Å². The number of nitrogens with zero attached hydrogens (tertiary/aromatic N) is 1. The number of pyridine rings is 1. The van der Waals surface area contributed by atoms with Crippen molar-refractivity contribution < 1.29 is 22.8 Å². The number of imide groups is 1. The lowest BCUT2D eigenvalue weighted by atomic mass is 9.68. The second-order valence-electron chi connectivity index (χ2n) is 5.97. The third-order valence-corrected chi connectivity index (χ3v) is 4.68. The van der Waals surface area contributed by atoms with Crippen LogP contribution in [0.2, 0.25) is 0 Å². The van der Waals surface area contributed by atoms with E-state index in [1.165, 1.54) is 24.4 Å². The third-order valence-electron chi connectivity index (χ3n) is 4.68. The van der Waals surface area contributed by atoms with Crippen molar-refractivity contribution in [1.82, 2.24) is 10.3 Å². The Kier molecular flexibility index (Phi) is 3.12. The largest absolute Gasteiger partial charge is 0.418 e. The number of fused-ring (bicyclic) bond motifs is 2. The van der Waals surface area contributed by atoms with E-state index in [0.717, 1.165) is 6.07 Å². The van der Waals surface area contributed by atoms with Gasteiger partial charge in [-0.2, -0.15) is 13.2 Å². The zero-order valence-corrected chi connectivity index (χ0v) is 12.7. The number of carbonyl (C=O) groups is 2. The molecule has 1 aliphatic carbocycles. The molecule has 1 aromatic carbocycles. The average Bonchev–Trinajstić information content (AvgIpc) is 2.85. The number of rotatable bonds is 1. The van der Waals surface area contributed by atoms with Crippen LogP contribution in [0.3, 0.4) is 0 Å². The molecule has 0 spiro atoms. The first-order valence-electron chi connectivity index (χ1n) is 7.52. The summed E-state index contributed by atoms with van der Waals surface area (Å²) in [6.45, 7) is 0. The fraction of sp³-hybridized carbons (Fsp3) is 0.167. The quantitative estimate of drug-likeness (QED) is 0.810. The van der Waals surface area contributed by atoms with Crippen LogP contribution in [0, 0.1) is 5.92 Å². The molecule has 4 nitrogen and oxygen atoms in total. The minimum atomic E-state index is -4.57. The summed E-state index contributed by atoms with van der Waals surface area (Å²) in [5.41, 5.74) is -2.15. The molecule has 1 fully saturated rings. The van der Waals surface area contributed by atoms with Gasteiger partial charge in [-0.25, -0.2) is 0 Å². The molecule has 1 saturated heterocycles. The lowest BCUT2D eigenvalue weighted by Gasteiger charge is -2.30. The average molecular weight is 344 g/mol. The maximum Gasteiger partial charge on any atom is 0.418 e. The second kappa shape index (κ2) is 5.02. The highest BCUT2D eigenvalue weighted by molar-refractivity contribution is 6.14. The molecular weight excluding hydrogens is 333 g/mol. The van der Waals surface area contributed by atoms with E-state index in [1.807, 2.05) is 0 Å². The summed E-state index contributed by atoms with van der Waals surface area (Å²) in [5.74, 6) is -1.82. The molecule has 2 unspecified atom stereocenters. The van der Waals surface area contributed by atoms with Gasteiger partial charge in [-0.3, -0.25) is 19.9 Å². The summed E-state index contributed by atoms with van der Waals surface area (Å²) in [5, 5.41) is 2.49. The number of carbonyl (C=O) groups excluding carboxylic acids is 2. The van der Waals surface area contributed by atoms with Crippen LogP contribution in [0.4, 0.5) is 13.2 Å². The van der Waals surface area contributed by atoms with Crippen LogP contribution in [-0.2, 0) is 21.2 Å². The molecule has 2 atom stereocenters. The Morgan fingerprint density at radius 1 is 1.12 bits per heavy atom. The minimum absolute atomic E-state index is 0.201. The smallest absolute Gasteiger partial charge is 0.295 e. The van der Waals surface area contributed by atoms with Gasteiger partial charge in [0, 0.05) is 11.6 Å². The molecule has 1 aliphatic heterocycles. The first-order valence-corrected chi connectivity index (χ1v) is 7.52. The molecule has 2 heterocycles. The van der Waals surface area contributed by atoms with Crippen molar-refractivity contribution in [3.05, 3.63) is 65.9 Å². The molecular formula is C18H11F3N2O2. The summed E-state index contributed by atoms with van der Waals surface area (Å²) in [7, 11) is 0. The molecule has 2 aromatic rings. The lowest BCUT2D eigenvalue weighted by molar-refractivity contribution is -0.136. The molecule has 2 aliphatic rings. The Morgan fingerprint density at radius 2 is 1.92 bits per heavy atom. The highest BCUT2D eigenvalue weighted by atomic mass is 19.4.